The Bertz CT molecular complexity index is 645. The molecule has 22 heavy (non-hydrogen) atoms. The zero-order chi connectivity index (χ0) is 16.4. The molecular weight excluding hydrogens is 302 g/mol. The van der Waals surface area contributed by atoms with Crippen molar-refractivity contribution in [2.75, 3.05) is 11.5 Å². The smallest absolute Gasteiger partial charge is 0.261 e. The SMILES string of the molecule is CC(C)=C1CC(=O)N(c2ccc(Cl)c(OCC(C)C)c2)C1=O. The van der Waals surface area contributed by atoms with E-state index in [0.29, 0.717) is 34.6 Å². The average molecular weight is 322 g/mol. The normalized spacial score (nSPS) is 15.0. The molecule has 118 valence electrons. The maximum Gasteiger partial charge on any atom is 0.261 e. The minimum absolute atomic E-state index is 0.145. The van der Waals surface area contributed by atoms with Crippen LogP contribution >= 0.6 is 11.6 Å². The number of imide groups is 1. The third-order valence-corrected chi connectivity index (χ3v) is 3.70. The van der Waals surface area contributed by atoms with Crippen LogP contribution < -0.4 is 9.64 Å². The summed E-state index contributed by atoms with van der Waals surface area (Å²) < 4.78 is 5.65. The molecule has 0 unspecified atom stereocenters. The Morgan fingerprint density at radius 3 is 2.55 bits per heavy atom. The molecule has 0 radical (unpaired) electrons. The topological polar surface area (TPSA) is 46.6 Å². The number of halogens is 1. The van der Waals surface area contributed by atoms with Crippen LogP contribution in [0.5, 0.6) is 5.75 Å². The van der Waals surface area contributed by atoms with E-state index in [9.17, 15) is 9.59 Å². The van der Waals surface area contributed by atoms with Crippen molar-refractivity contribution in [3.8, 4) is 5.75 Å². The Balaban J connectivity index is 2.33. The van der Waals surface area contributed by atoms with E-state index in [0.717, 1.165) is 5.57 Å². The van der Waals surface area contributed by atoms with E-state index in [1.807, 2.05) is 27.7 Å². The first-order valence-corrected chi connectivity index (χ1v) is 7.65. The molecule has 5 heteroatoms. The maximum atomic E-state index is 12.4. The number of nitrogens with zero attached hydrogens (tertiary/aromatic N) is 1. The fourth-order valence-corrected chi connectivity index (χ4v) is 2.38. The van der Waals surface area contributed by atoms with Crippen molar-refractivity contribution in [1.29, 1.82) is 0 Å². The maximum absolute atomic E-state index is 12.4. The number of carbonyl (C=O) groups excluding carboxylic acids is 2. The van der Waals surface area contributed by atoms with Gasteiger partial charge >= 0.3 is 0 Å². The van der Waals surface area contributed by atoms with Crippen molar-refractivity contribution >= 4 is 29.1 Å². The number of anilines is 1. The quantitative estimate of drug-likeness (QED) is 0.622. The first-order chi connectivity index (χ1) is 10.3. The summed E-state index contributed by atoms with van der Waals surface area (Å²) in [6, 6.07) is 4.95. The minimum atomic E-state index is -0.262. The second-order valence-electron chi connectivity index (χ2n) is 6.01. The number of benzene rings is 1. The molecule has 0 aliphatic carbocycles. The molecule has 0 spiro atoms. The van der Waals surface area contributed by atoms with E-state index in [4.69, 9.17) is 16.3 Å². The van der Waals surface area contributed by atoms with E-state index < -0.39 is 0 Å². The Morgan fingerprint density at radius 2 is 2.00 bits per heavy atom. The van der Waals surface area contributed by atoms with Crippen LogP contribution in [0.15, 0.2) is 29.3 Å². The lowest BCUT2D eigenvalue weighted by atomic mass is 10.1. The molecule has 0 atom stereocenters. The Labute approximate surface area is 135 Å². The zero-order valence-electron chi connectivity index (χ0n) is 13.3. The summed E-state index contributed by atoms with van der Waals surface area (Å²) in [5.74, 6) is 0.353. The third-order valence-electron chi connectivity index (χ3n) is 3.39. The Morgan fingerprint density at radius 1 is 1.32 bits per heavy atom. The summed E-state index contributed by atoms with van der Waals surface area (Å²) in [7, 11) is 0. The molecule has 1 aliphatic rings. The fraction of sp³-hybridized carbons (Fsp3) is 0.412. The van der Waals surface area contributed by atoms with Gasteiger partial charge in [-0.1, -0.05) is 31.0 Å². The van der Waals surface area contributed by atoms with Crippen LogP contribution in [0.25, 0.3) is 0 Å². The lowest BCUT2D eigenvalue weighted by Crippen LogP contribution is -2.29. The van der Waals surface area contributed by atoms with Crippen molar-refractivity contribution in [2.45, 2.75) is 34.1 Å². The molecule has 0 aromatic heterocycles. The highest BCUT2D eigenvalue weighted by atomic mass is 35.5. The standard InChI is InChI=1S/C17H20ClNO3/c1-10(2)9-22-15-7-12(5-6-14(15)18)19-16(20)8-13(11(3)4)17(19)21/h5-7,10H,8-9H2,1-4H3. The molecule has 0 N–H and O–H groups in total. The van der Waals surface area contributed by atoms with Crippen LogP contribution in [-0.4, -0.2) is 18.4 Å². The monoisotopic (exact) mass is 321 g/mol. The summed E-state index contributed by atoms with van der Waals surface area (Å²) >= 11 is 6.12. The predicted molar refractivity (Wildman–Crippen MR) is 87.3 cm³/mol. The Hall–Kier alpha value is -1.81. The number of hydrogen-bond acceptors (Lipinski definition) is 3. The van der Waals surface area contributed by atoms with E-state index >= 15 is 0 Å². The van der Waals surface area contributed by atoms with Gasteiger partial charge in [0.05, 0.1) is 23.7 Å². The van der Waals surface area contributed by atoms with E-state index in [1.165, 1.54) is 4.90 Å². The van der Waals surface area contributed by atoms with E-state index in [2.05, 4.69) is 0 Å². The van der Waals surface area contributed by atoms with Gasteiger partial charge in [-0.25, -0.2) is 4.90 Å². The molecule has 0 saturated carbocycles. The lowest BCUT2D eigenvalue weighted by Gasteiger charge is -2.16. The second-order valence-corrected chi connectivity index (χ2v) is 6.42. The highest BCUT2D eigenvalue weighted by molar-refractivity contribution is 6.32. The summed E-state index contributed by atoms with van der Waals surface area (Å²) in [5.41, 5.74) is 1.92. The minimum Gasteiger partial charge on any atom is -0.492 e. The van der Waals surface area contributed by atoms with Gasteiger partial charge in [0.25, 0.3) is 5.91 Å². The lowest BCUT2D eigenvalue weighted by molar-refractivity contribution is -0.120. The summed E-state index contributed by atoms with van der Waals surface area (Å²) in [6.07, 6.45) is 0.145. The van der Waals surface area contributed by atoms with Crippen LogP contribution in [0.3, 0.4) is 0 Å². The highest BCUT2D eigenvalue weighted by Gasteiger charge is 2.35. The number of ether oxygens (including phenoxy) is 1. The Kier molecular flexibility index (Phi) is 4.91. The number of hydrogen-bond donors (Lipinski definition) is 0. The molecule has 4 nitrogen and oxygen atoms in total. The van der Waals surface area contributed by atoms with Gasteiger partial charge in [0, 0.05) is 11.6 Å². The van der Waals surface area contributed by atoms with Gasteiger partial charge in [0.2, 0.25) is 5.91 Å². The molecule has 1 aromatic rings. The largest absolute Gasteiger partial charge is 0.492 e. The van der Waals surface area contributed by atoms with Gasteiger partial charge in [-0.05, 0) is 31.9 Å². The first-order valence-electron chi connectivity index (χ1n) is 7.27. The van der Waals surface area contributed by atoms with E-state index in [1.54, 1.807) is 18.2 Å². The van der Waals surface area contributed by atoms with Gasteiger partial charge in [0.1, 0.15) is 5.75 Å². The van der Waals surface area contributed by atoms with Crippen LogP contribution in [-0.2, 0) is 9.59 Å². The average Bonchev–Trinajstić information content (AvgIpc) is 2.73. The first kappa shape index (κ1) is 16.6. The molecule has 1 aromatic carbocycles. The summed E-state index contributed by atoms with van der Waals surface area (Å²) in [5, 5.41) is 0.464. The van der Waals surface area contributed by atoms with Crippen LogP contribution in [0.1, 0.15) is 34.1 Å². The number of allylic oxidation sites excluding steroid dienone is 1. The molecule has 1 fully saturated rings. The molecular formula is C17H20ClNO3. The zero-order valence-corrected chi connectivity index (χ0v) is 14.0. The molecule has 1 aliphatic heterocycles. The van der Waals surface area contributed by atoms with Crippen LogP contribution in [0, 0.1) is 5.92 Å². The van der Waals surface area contributed by atoms with Gasteiger partial charge in [-0.3, -0.25) is 9.59 Å². The van der Waals surface area contributed by atoms with Gasteiger partial charge < -0.3 is 4.74 Å². The number of amides is 2. The summed E-state index contributed by atoms with van der Waals surface area (Å²) in [6.45, 7) is 8.26. The van der Waals surface area contributed by atoms with Crippen molar-refractivity contribution in [2.24, 2.45) is 5.92 Å². The molecule has 2 rings (SSSR count). The van der Waals surface area contributed by atoms with Gasteiger partial charge in [-0.2, -0.15) is 0 Å². The van der Waals surface area contributed by atoms with Gasteiger partial charge in [0.15, 0.2) is 0 Å². The second kappa shape index (κ2) is 6.53. The van der Waals surface area contributed by atoms with Crippen molar-refractivity contribution < 1.29 is 14.3 Å². The van der Waals surface area contributed by atoms with E-state index in [-0.39, 0.29) is 18.2 Å². The number of carbonyl (C=O) groups is 2. The molecule has 0 bridgehead atoms. The van der Waals surface area contributed by atoms with Crippen molar-refractivity contribution in [3.05, 3.63) is 34.4 Å². The van der Waals surface area contributed by atoms with Crippen LogP contribution in [0.2, 0.25) is 5.02 Å². The van der Waals surface area contributed by atoms with Crippen LogP contribution in [0.4, 0.5) is 5.69 Å². The summed E-state index contributed by atoms with van der Waals surface area (Å²) in [4.78, 5) is 25.7. The molecule has 2 amide bonds. The number of rotatable bonds is 4. The molecule has 1 saturated heterocycles. The highest BCUT2D eigenvalue weighted by Crippen LogP contribution is 2.34. The third kappa shape index (κ3) is 3.33. The van der Waals surface area contributed by atoms with Crippen molar-refractivity contribution in [1.82, 2.24) is 0 Å². The predicted octanol–water partition coefficient (Wildman–Crippen LogP) is 3.97. The van der Waals surface area contributed by atoms with Crippen molar-refractivity contribution in [3.63, 3.8) is 0 Å². The fourth-order valence-electron chi connectivity index (χ4n) is 2.20. The molecule has 1 heterocycles. The van der Waals surface area contributed by atoms with Gasteiger partial charge in [-0.15, -0.1) is 0 Å².